The zero-order chi connectivity index (χ0) is 12.8. The Morgan fingerprint density at radius 3 is 2.94 bits per heavy atom. The van der Waals surface area contributed by atoms with E-state index in [2.05, 4.69) is 34.3 Å². The minimum atomic E-state index is -0.141. The van der Waals surface area contributed by atoms with Crippen LogP contribution in [0.4, 0.5) is 0 Å². The molecule has 0 radical (unpaired) electrons. The van der Waals surface area contributed by atoms with Gasteiger partial charge in [-0.3, -0.25) is 4.79 Å². The molecule has 0 saturated carbocycles. The number of H-pyrrole nitrogens is 1. The number of fused-ring (bicyclic) bond motifs is 1. The van der Waals surface area contributed by atoms with Crippen molar-refractivity contribution in [1.82, 2.24) is 25.3 Å². The fourth-order valence-corrected chi connectivity index (χ4v) is 2.11. The van der Waals surface area contributed by atoms with Crippen molar-refractivity contribution in [2.75, 3.05) is 6.54 Å². The maximum Gasteiger partial charge on any atom is 0.273 e. The summed E-state index contributed by atoms with van der Waals surface area (Å²) in [5.74, 6) is -0.141. The number of amides is 1. The molecule has 6 nitrogen and oxygen atoms in total. The van der Waals surface area contributed by atoms with E-state index in [1.54, 1.807) is 12.4 Å². The van der Waals surface area contributed by atoms with Gasteiger partial charge in [0.05, 0.1) is 5.69 Å². The molecule has 0 bridgehead atoms. The highest BCUT2D eigenvalue weighted by atomic mass is 16.2. The van der Waals surface area contributed by atoms with E-state index in [0.29, 0.717) is 12.2 Å². The molecule has 0 aliphatic carbocycles. The lowest BCUT2D eigenvalue weighted by Crippen LogP contribution is -2.32. The Morgan fingerprint density at radius 2 is 2.22 bits per heavy atom. The van der Waals surface area contributed by atoms with Crippen LogP contribution in [-0.4, -0.2) is 32.4 Å². The fourth-order valence-electron chi connectivity index (χ4n) is 2.11. The van der Waals surface area contributed by atoms with Crippen LogP contribution >= 0.6 is 0 Å². The highest BCUT2D eigenvalue weighted by molar-refractivity contribution is 5.93. The lowest BCUT2D eigenvalue weighted by molar-refractivity contribution is 0.0939. The molecule has 0 aromatic carbocycles. The summed E-state index contributed by atoms with van der Waals surface area (Å²) in [6.07, 6.45) is 4.34. The Balaban J connectivity index is 2.06. The third kappa shape index (κ3) is 1.79. The summed E-state index contributed by atoms with van der Waals surface area (Å²) in [5, 5.41) is 11.6. The Bertz CT molecular complexity index is 582. The number of carbonyl (C=O) groups excluding carboxylic acids is 1. The Morgan fingerprint density at radius 1 is 1.39 bits per heavy atom. The molecule has 3 rings (SSSR count). The first-order chi connectivity index (χ1) is 8.55. The number of nitrogens with zero attached hydrogens (tertiary/aromatic N) is 3. The van der Waals surface area contributed by atoms with E-state index in [0.717, 1.165) is 17.8 Å². The third-order valence-electron chi connectivity index (χ3n) is 3.08. The van der Waals surface area contributed by atoms with Crippen molar-refractivity contribution in [3.05, 3.63) is 29.8 Å². The van der Waals surface area contributed by atoms with Gasteiger partial charge in [0, 0.05) is 25.4 Å². The quantitative estimate of drug-likeness (QED) is 0.784. The molecule has 0 unspecified atom stereocenters. The van der Waals surface area contributed by atoms with Crippen molar-refractivity contribution < 1.29 is 4.79 Å². The molecular weight excluding hydrogens is 230 g/mol. The van der Waals surface area contributed by atoms with Gasteiger partial charge in [-0.1, -0.05) is 13.8 Å². The minimum Gasteiger partial charge on any atom is -0.366 e. The summed E-state index contributed by atoms with van der Waals surface area (Å²) in [7, 11) is 0. The molecule has 94 valence electrons. The highest BCUT2D eigenvalue weighted by Crippen LogP contribution is 2.24. The molecule has 0 saturated heterocycles. The van der Waals surface area contributed by atoms with Gasteiger partial charge in [-0.15, -0.1) is 9.90 Å². The molecule has 0 atom stereocenters. The van der Waals surface area contributed by atoms with Crippen molar-refractivity contribution >= 4 is 5.91 Å². The number of aromatic nitrogens is 4. The van der Waals surface area contributed by atoms with Crippen LogP contribution < -0.4 is 5.32 Å². The van der Waals surface area contributed by atoms with Crippen molar-refractivity contribution in [1.29, 1.82) is 0 Å². The van der Waals surface area contributed by atoms with Crippen LogP contribution in [0.25, 0.3) is 5.69 Å². The van der Waals surface area contributed by atoms with E-state index in [4.69, 9.17) is 0 Å². The first-order valence-corrected chi connectivity index (χ1v) is 5.93. The summed E-state index contributed by atoms with van der Waals surface area (Å²) in [6, 6.07) is 1.86. The second kappa shape index (κ2) is 3.69. The molecule has 2 aromatic rings. The van der Waals surface area contributed by atoms with Crippen LogP contribution in [0.3, 0.4) is 0 Å². The maximum absolute atomic E-state index is 11.9. The topological polar surface area (TPSA) is 75.6 Å². The molecule has 0 fully saturated rings. The molecule has 2 aromatic heterocycles. The summed E-state index contributed by atoms with van der Waals surface area (Å²) in [6.45, 7) is 4.86. The fraction of sp³-hybridized carbons (Fsp3) is 0.417. The average molecular weight is 245 g/mol. The van der Waals surface area contributed by atoms with Crippen LogP contribution in [0.1, 0.15) is 30.0 Å². The maximum atomic E-state index is 11.9. The van der Waals surface area contributed by atoms with Crippen molar-refractivity contribution in [2.24, 2.45) is 5.41 Å². The number of carbonyl (C=O) groups is 1. The number of rotatable bonds is 1. The summed E-state index contributed by atoms with van der Waals surface area (Å²) in [4.78, 5) is 16.4. The largest absolute Gasteiger partial charge is 0.366 e. The van der Waals surface area contributed by atoms with Gasteiger partial charge in [0.15, 0.2) is 5.69 Å². The summed E-state index contributed by atoms with van der Waals surface area (Å²) < 4.78 is 0. The summed E-state index contributed by atoms with van der Waals surface area (Å²) in [5.41, 5.74) is 2.02. The SMILES string of the molecule is CC1(C)CNC(=O)c2nn(-c3cc[nH]c3)nc2C1. The van der Waals surface area contributed by atoms with Crippen LogP contribution in [0.5, 0.6) is 0 Å². The van der Waals surface area contributed by atoms with Gasteiger partial charge < -0.3 is 10.3 Å². The van der Waals surface area contributed by atoms with Gasteiger partial charge in [-0.05, 0) is 11.5 Å². The molecule has 3 heterocycles. The normalized spacial score (nSPS) is 18.0. The Kier molecular flexibility index (Phi) is 2.26. The van der Waals surface area contributed by atoms with Gasteiger partial charge in [-0.2, -0.15) is 5.10 Å². The van der Waals surface area contributed by atoms with Crippen LogP contribution in [0, 0.1) is 5.41 Å². The van der Waals surface area contributed by atoms with E-state index in [1.165, 1.54) is 4.80 Å². The number of nitrogens with one attached hydrogen (secondary N) is 2. The minimum absolute atomic E-state index is 0.0000798. The second-order valence-corrected chi connectivity index (χ2v) is 5.38. The van der Waals surface area contributed by atoms with Crippen molar-refractivity contribution in [2.45, 2.75) is 20.3 Å². The molecule has 2 N–H and O–H groups in total. The predicted molar refractivity (Wildman–Crippen MR) is 65.5 cm³/mol. The van der Waals surface area contributed by atoms with Gasteiger partial charge in [0.25, 0.3) is 5.91 Å². The second-order valence-electron chi connectivity index (χ2n) is 5.38. The first-order valence-electron chi connectivity index (χ1n) is 5.93. The predicted octanol–water partition coefficient (Wildman–Crippen LogP) is 0.907. The average Bonchev–Trinajstić information content (AvgIpc) is 2.91. The monoisotopic (exact) mass is 245 g/mol. The van der Waals surface area contributed by atoms with Gasteiger partial charge >= 0.3 is 0 Å². The lowest BCUT2D eigenvalue weighted by atomic mass is 9.88. The van der Waals surface area contributed by atoms with Crippen LogP contribution in [0.2, 0.25) is 0 Å². The van der Waals surface area contributed by atoms with Crippen LogP contribution in [-0.2, 0) is 6.42 Å². The molecule has 1 aliphatic heterocycles. The molecule has 18 heavy (non-hydrogen) atoms. The molecular formula is C12H15N5O. The number of aromatic amines is 1. The zero-order valence-corrected chi connectivity index (χ0v) is 10.4. The van der Waals surface area contributed by atoms with Gasteiger partial charge in [0.2, 0.25) is 0 Å². The van der Waals surface area contributed by atoms with Crippen LogP contribution in [0.15, 0.2) is 18.5 Å². The highest BCUT2D eigenvalue weighted by Gasteiger charge is 2.30. The number of hydrogen-bond acceptors (Lipinski definition) is 3. The van der Waals surface area contributed by atoms with Gasteiger partial charge in [-0.25, -0.2) is 0 Å². The first kappa shape index (κ1) is 11.0. The van der Waals surface area contributed by atoms with E-state index in [9.17, 15) is 4.79 Å². The smallest absolute Gasteiger partial charge is 0.273 e. The summed E-state index contributed by atoms with van der Waals surface area (Å²) >= 11 is 0. The molecule has 6 heteroatoms. The lowest BCUT2D eigenvalue weighted by Gasteiger charge is -2.20. The Labute approximate surface area is 104 Å². The Hall–Kier alpha value is -2.11. The molecule has 0 spiro atoms. The zero-order valence-electron chi connectivity index (χ0n) is 10.4. The molecule has 1 amide bonds. The van der Waals surface area contributed by atoms with E-state index < -0.39 is 0 Å². The van der Waals surface area contributed by atoms with Gasteiger partial charge in [0.1, 0.15) is 5.69 Å². The third-order valence-corrected chi connectivity index (χ3v) is 3.08. The van der Waals surface area contributed by atoms with Crippen molar-refractivity contribution in [3.63, 3.8) is 0 Å². The standard InChI is InChI=1S/C12H15N5O/c1-12(2)5-9-10(11(18)14-7-12)16-17(15-9)8-3-4-13-6-8/h3-4,6,13H,5,7H2,1-2H3,(H,14,18). The number of hydrogen-bond donors (Lipinski definition) is 2. The van der Waals surface area contributed by atoms with E-state index >= 15 is 0 Å². The van der Waals surface area contributed by atoms with E-state index in [1.807, 2.05) is 6.07 Å². The van der Waals surface area contributed by atoms with Crippen molar-refractivity contribution in [3.8, 4) is 5.69 Å². The molecule has 1 aliphatic rings. The van der Waals surface area contributed by atoms with E-state index in [-0.39, 0.29) is 11.3 Å².